The van der Waals surface area contributed by atoms with Gasteiger partial charge in [-0.15, -0.1) is 0 Å². The van der Waals surface area contributed by atoms with Gasteiger partial charge in [0.05, 0.1) is 0 Å². The molecule has 4 nitrogen and oxygen atoms in total. The van der Waals surface area contributed by atoms with Gasteiger partial charge in [-0.25, -0.2) is 0 Å². The molecule has 1 aromatic heterocycles. The van der Waals surface area contributed by atoms with Gasteiger partial charge < -0.3 is 4.90 Å². The molecule has 0 spiro atoms. The summed E-state index contributed by atoms with van der Waals surface area (Å²) in [5.41, 5.74) is 0. The standard InChI is InChI=1S/C10H13N3OS/c14-10(6-12-3-1-2-11-12)13-5-9-4-8(13)7-15-9/h1-3,8-9H,4-7H2. The number of nitrogens with zero attached hydrogens (tertiary/aromatic N) is 3. The molecule has 2 aliphatic heterocycles. The van der Waals surface area contributed by atoms with Crippen molar-refractivity contribution in [1.29, 1.82) is 0 Å². The third kappa shape index (κ3) is 1.65. The summed E-state index contributed by atoms with van der Waals surface area (Å²) in [7, 11) is 0. The zero-order valence-corrected chi connectivity index (χ0v) is 9.19. The topological polar surface area (TPSA) is 38.1 Å². The number of carbonyl (C=O) groups is 1. The molecule has 0 aliphatic carbocycles. The van der Waals surface area contributed by atoms with Gasteiger partial charge in [-0.2, -0.15) is 16.9 Å². The summed E-state index contributed by atoms with van der Waals surface area (Å²) in [5, 5.41) is 4.74. The SMILES string of the molecule is O=C(Cn1cccn1)N1CC2CC1CS2. The Bertz CT molecular complexity index is 365. The number of hydrogen-bond donors (Lipinski definition) is 0. The predicted octanol–water partition coefficient (Wildman–Crippen LogP) is 0.599. The third-order valence-electron chi connectivity index (χ3n) is 3.08. The van der Waals surface area contributed by atoms with Crippen molar-refractivity contribution >= 4 is 17.7 Å². The second-order valence-corrected chi connectivity index (χ2v) is 5.43. The highest BCUT2D eigenvalue weighted by Crippen LogP contribution is 2.37. The second-order valence-electron chi connectivity index (χ2n) is 4.09. The summed E-state index contributed by atoms with van der Waals surface area (Å²) < 4.78 is 1.70. The van der Waals surface area contributed by atoms with Gasteiger partial charge >= 0.3 is 0 Å². The Morgan fingerprint density at radius 3 is 3.13 bits per heavy atom. The number of likely N-dealkylation sites (tertiary alicyclic amines) is 1. The zero-order valence-electron chi connectivity index (χ0n) is 8.37. The minimum Gasteiger partial charge on any atom is -0.336 e. The lowest BCUT2D eigenvalue weighted by Gasteiger charge is -2.26. The van der Waals surface area contributed by atoms with Crippen molar-refractivity contribution in [2.24, 2.45) is 0 Å². The first-order valence-electron chi connectivity index (χ1n) is 5.21. The molecule has 2 saturated heterocycles. The molecule has 80 valence electrons. The molecule has 2 atom stereocenters. The van der Waals surface area contributed by atoms with E-state index < -0.39 is 0 Å². The molecular weight excluding hydrogens is 210 g/mol. The molecule has 2 aliphatic rings. The summed E-state index contributed by atoms with van der Waals surface area (Å²) in [6.45, 7) is 1.33. The average Bonchev–Trinajstić information content (AvgIpc) is 2.93. The summed E-state index contributed by atoms with van der Waals surface area (Å²) in [5.74, 6) is 1.33. The molecule has 2 fully saturated rings. The highest BCUT2D eigenvalue weighted by Gasteiger charge is 2.40. The monoisotopic (exact) mass is 223 g/mol. The van der Waals surface area contributed by atoms with Crippen molar-refractivity contribution in [3.8, 4) is 0 Å². The van der Waals surface area contributed by atoms with Crippen molar-refractivity contribution < 1.29 is 4.79 Å². The molecule has 15 heavy (non-hydrogen) atoms. The van der Waals surface area contributed by atoms with E-state index in [9.17, 15) is 4.79 Å². The van der Waals surface area contributed by atoms with Crippen molar-refractivity contribution in [3.05, 3.63) is 18.5 Å². The maximum Gasteiger partial charge on any atom is 0.244 e. The van der Waals surface area contributed by atoms with Crippen LogP contribution in [0.15, 0.2) is 18.5 Å². The molecular formula is C10H13N3OS. The van der Waals surface area contributed by atoms with Gasteiger partial charge in [-0.05, 0) is 12.5 Å². The molecule has 0 N–H and O–H groups in total. The minimum absolute atomic E-state index is 0.214. The molecule has 3 heterocycles. The van der Waals surface area contributed by atoms with Gasteiger partial charge in [0.15, 0.2) is 0 Å². The van der Waals surface area contributed by atoms with E-state index in [2.05, 4.69) is 5.10 Å². The second kappa shape index (κ2) is 3.56. The van der Waals surface area contributed by atoms with Crippen LogP contribution in [-0.4, -0.2) is 44.2 Å². The largest absolute Gasteiger partial charge is 0.336 e. The van der Waals surface area contributed by atoms with E-state index in [1.165, 1.54) is 6.42 Å². The number of rotatable bonds is 2. The lowest BCUT2D eigenvalue weighted by molar-refractivity contribution is -0.132. The van der Waals surface area contributed by atoms with Crippen LogP contribution in [0, 0.1) is 0 Å². The Labute approximate surface area is 92.6 Å². The molecule has 0 saturated carbocycles. The maximum absolute atomic E-state index is 12.0. The third-order valence-corrected chi connectivity index (χ3v) is 4.47. The van der Waals surface area contributed by atoms with Crippen LogP contribution in [0.3, 0.4) is 0 Å². The van der Waals surface area contributed by atoms with Gasteiger partial charge in [0.25, 0.3) is 0 Å². The van der Waals surface area contributed by atoms with Crippen LogP contribution in [0.4, 0.5) is 0 Å². The van der Waals surface area contributed by atoms with E-state index in [1.807, 2.05) is 28.9 Å². The Kier molecular flexibility index (Phi) is 2.20. The van der Waals surface area contributed by atoms with E-state index in [-0.39, 0.29) is 5.91 Å². The first kappa shape index (κ1) is 9.27. The molecule has 1 amide bonds. The van der Waals surface area contributed by atoms with E-state index >= 15 is 0 Å². The first-order chi connectivity index (χ1) is 7.33. The van der Waals surface area contributed by atoms with Crippen LogP contribution < -0.4 is 0 Å². The Hall–Kier alpha value is -0.970. The predicted molar refractivity (Wildman–Crippen MR) is 58.6 cm³/mol. The summed E-state index contributed by atoms with van der Waals surface area (Å²) >= 11 is 2.00. The molecule has 1 aromatic rings. The van der Waals surface area contributed by atoms with Crippen molar-refractivity contribution in [2.75, 3.05) is 12.3 Å². The number of fused-ring (bicyclic) bond motifs is 2. The first-order valence-corrected chi connectivity index (χ1v) is 6.26. The van der Waals surface area contributed by atoms with E-state index in [1.54, 1.807) is 10.9 Å². The number of carbonyl (C=O) groups excluding carboxylic acids is 1. The Morgan fingerprint density at radius 1 is 1.60 bits per heavy atom. The Morgan fingerprint density at radius 2 is 2.53 bits per heavy atom. The van der Waals surface area contributed by atoms with Crippen LogP contribution in [0.5, 0.6) is 0 Å². The normalized spacial score (nSPS) is 28.7. The summed E-state index contributed by atoms with van der Waals surface area (Å²) in [4.78, 5) is 14.0. The van der Waals surface area contributed by atoms with E-state index in [0.717, 1.165) is 12.3 Å². The number of amides is 1. The van der Waals surface area contributed by atoms with Crippen molar-refractivity contribution in [1.82, 2.24) is 14.7 Å². The average molecular weight is 223 g/mol. The lowest BCUT2D eigenvalue weighted by atomic mass is 10.2. The lowest BCUT2D eigenvalue weighted by Crippen LogP contribution is -2.41. The molecule has 5 heteroatoms. The van der Waals surface area contributed by atoms with Crippen molar-refractivity contribution in [2.45, 2.75) is 24.3 Å². The minimum atomic E-state index is 0.214. The molecule has 0 radical (unpaired) electrons. The van der Waals surface area contributed by atoms with Crippen LogP contribution >= 0.6 is 11.8 Å². The quantitative estimate of drug-likeness (QED) is 0.737. The van der Waals surface area contributed by atoms with Crippen LogP contribution in [0.25, 0.3) is 0 Å². The molecule has 3 rings (SSSR count). The number of aromatic nitrogens is 2. The highest BCUT2D eigenvalue weighted by molar-refractivity contribution is 8.00. The molecule has 2 unspecified atom stereocenters. The maximum atomic E-state index is 12.0. The van der Waals surface area contributed by atoms with E-state index in [4.69, 9.17) is 0 Å². The summed E-state index contributed by atoms with van der Waals surface area (Å²) in [6, 6.07) is 2.34. The van der Waals surface area contributed by atoms with Crippen LogP contribution in [-0.2, 0) is 11.3 Å². The van der Waals surface area contributed by atoms with Gasteiger partial charge in [0, 0.05) is 36.0 Å². The van der Waals surface area contributed by atoms with Gasteiger partial charge in [0.2, 0.25) is 5.91 Å². The Balaban J connectivity index is 1.66. The molecule has 2 bridgehead atoms. The smallest absolute Gasteiger partial charge is 0.244 e. The zero-order chi connectivity index (χ0) is 10.3. The van der Waals surface area contributed by atoms with Gasteiger partial charge in [-0.1, -0.05) is 0 Å². The van der Waals surface area contributed by atoms with E-state index in [0.29, 0.717) is 17.8 Å². The summed E-state index contributed by atoms with van der Waals surface area (Å²) in [6.07, 6.45) is 4.73. The van der Waals surface area contributed by atoms with Crippen LogP contribution in [0.1, 0.15) is 6.42 Å². The highest BCUT2D eigenvalue weighted by atomic mass is 32.2. The molecule has 0 aromatic carbocycles. The van der Waals surface area contributed by atoms with Gasteiger partial charge in [0.1, 0.15) is 6.54 Å². The van der Waals surface area contributed by atoms with Gasteiger partial charge in [-0.3, -0.25) is 9.48 Å². The number of hydrogen-bond acceptors (Lipinski definition) is 3. The number of thioether (sulfide) groups is 1. The van der Waals surface area contributed by atoms with Crippen LogP contribution in [0.2, 0.25) is 0 Å². The van der Waals surface area contributed by atoms with Crippen molar-refractivity contribution in [3.63, 3.8) is 0 Å². The fraction of sp³-hybridized carbons (Fsp3) is 0.600. The fourth-order valence-electron chi connectivity index (χ4n) is 2.33. The fourth-order valence-corrected chi connectivity index (χ4v) is 3.76.